The third-order valence-corrected chi connectivity index (χ3v) is 0. The molecule has 0 heterocycles. The molecule has 42 valence electrons. The third-order valence-electron chi connectivity index (χ3n) is 0. The van der Waals surface area contributed by atoms with E-state index in [1.54, 1.807) is 0 Å². The van der Waals surface area contributed by atoms with Crippen molar-refractivity contribution in [1.82, 2.24) is 0 Å². The first-order chi connectivity index (χ1) is 2.00. The Bertz CT molecular complexity index is 99.2. The average Bonchev–Trinajstić information content (AvgIpc) is 0.722. The fourth-order valence-electron chi connectivity index (χ4n) is 0. The van der Waals surface area contributed by atoms with Crippen LogP contribution < -0.4 is 51.4 Å². The van der Waals surface area contributed by atoms with E-state index in [4.69, 9.17) is 17.5 Å². The van der Waals surface area contributed by atoms with Crippen LogP contribution in [0.1, 0.15) is 1.43 Å². The van der Waals surface area contributed by atoms with Gasteiger partial charge in [-0.2, -0.15) is 8.42 Å². The van der Waals surface area contributed by atoms with Crippen molar-refractivity contribution in [3.63, 3.8) is 0 Å². The van der Waals surface area contributed by atoms with Gasteiger partial charge in [0.15, 0.2) is 0 Å². The Kier molecular flexibility index (Phi) is 14.6. The molecule has 0 spiro atoms. The molecule has 7 heteroatoms. The normalized spacial score (nSPS) is 8.29. The minimum Gasteiger partial charge on any atom is -1.00 e. The molecule has 4 nitrogen and oxygen atoms in total. The average molecular weight is 266 g/mol. The van der Waals surface area contributed by atoms with E-state index in [2.05, 4.69) is 0 Å². The van der Waals surface area contributed by atoms with Gasteiger partial charge in [-0.1, -0.05) is 0 Å². The molecule has 0 saturated carbocycles. The third kappa shape index (κ3) is 64.0. The van der Waals surface area contributed by atoms with Crippen LogP contribution in [-0.4, -0.2) is 17.5 Å². The van der Waals surface area contributed by atoms with E-state index in [0.717, 1.165) is 0 Å². The molecule has 0 radical (unpaired) electrons. The summed E-state index contributed by atoms with van der Waals surface area (Å²) in [7, 11) is -4.67. The van der Waals surface area contributed by atoms with Gasteiger partial charge in [-0.05, 0) is 0 Å². The van der Waals surface area contributed by atoms with Gasteiger partial charge in [-0.3, -0.25) is 9.11 Å². The van der Waals surface area contributed by atoms with Crippen molar-refractivity contribution in [2.45, 2.75) is 0 Å². The monoisotopic (exact) mass is 266 g/mol. The van der Waals surface area contributed by atoms with Crippen LogP contribution in [0.5, 0.6) is 0 Å². The molecule has 0 saturated heterocycles. The van der Waals surface area contributed by atoms with Gasteiger partial charge in [0, 0.05) is 0 Å². The maximum Gasteiger partial charge on any atom is 1.00 e. The Hall–Kier alpha value is 2.24. The van der Waals surface area contributed by atoms with Gasteiger partial charge < -0.3 is 1.43 Å². The number of hydrogen-bond donors (Lipinski definition) is 2. The molecular formula is H4IKO4S. The summed E-state index contributed by atoms with van der Waals surface area (Å²) in [6, 6.07) is 0. The minimum absolute atomic E-state index is 0. The van der Waals surface area contributed by atoms with E-state index < -0.39 is 10.4 Å². The van der Waals surface area contributed by atoms with Crippen LogP contribution >= 0.6 is 24.0 Å². The Labute approximate surface area is 103 Å². The molecule has 0 aliphatic heterocycles. The summed E-state index contributed by atoms with van der Waals surface area (Å²) < 4.78 is 31.6. The van der Waals surface area contributed by atoms with Gasteiger partial charge in [0.25, 0.3) is 0 Å². The number of halogens is 1. The Morgan fingerprint density at radius 3 is 1.29 bits per heavy atom. The standard InChI is InChI=1S/HI.K.H2O4S.H/c;;1-5(2,3)4;/h1H;;(H2,1,2,3,4);/q;+1;;-1. The SMILES string of the molecule is I.O=S(=O)(O)O.[H-].[K+]. The molecule has 0 aromatic heterocycles. The Morgan fingerprint density at radius 1 is 1.29 bits per heavy atom. The number of rotatable bonds is 0. The van der Waals surface area contributed by atoms with Crippen LogP contribution in [0.4, 0.5) is 0 Å². The predicted molar refractivity (Wildman–Crippen MR) is 30.7 cm³/mol. The summed E-state index contributed by atoms with van der Waals surface area (Å²) in [5.74, 6) is 0. The second-order valence-electron chi connectivity index (χ2n) is 0.448. The molecular weight excluding hydrogens is 262 g/mol. The molecule has 0 atom stereocenters. The maximum atomic E-state index is 8.74. The van der Waals surface area contributed by atoms with E-state index in [0.29, 0.717) is 0 Å². The van der Waals surface area contributed by atoms with Crippen molar-refractivity contribution in [2.24, 2.45) is 0 Å². The second kappa shape index (κ2) is 6.36. The van der Waals surface area contributed by atoms with E-state index in [1.165, 1.54) is 0 Å². The Morgan fingerprint density at radius 2 is 1.29 bits per heavy atom. The fraction of sp³-hybridized carbons (Fsp3) is 0. The smallest absolute Gasteiger partial charge is 1.00 e. The zero-order valence-electron chi connectivity index (χ0n) is 4.53. The van der Waals surface area contributed by atoms with Gasteiger partial charge in [0.1, 0.15) is 0 Å². The summed E-state index contributed by atoms with van der Waals surface area (Å²) in [5.41, 5.74) is 0. The summed E-state index contributed by atoms with van der Waals surface area (Å²) >= 11 is 0. The zero-order chi connectivity index (χ0) is 4.50. The van der Waals surface area contributed by atoms with E-state index in [-0.39, 0.29) is 76.8 Å². The van der Waals surface area contributed by atoms with E-state index >= 15 is 0 Å². The zero-order valence-corrected chi connectivity index (χ0v) is 9.80. The van der Waals surface area contributed by atoms with E-state index in [9.17, 15) is 0 Å². The van der Waals surface area contributed by atoms with Crippen LogP contribution in [0.25, 0.3) is 0 Å². The van der Waals surface area contributed by atoms with Gasteiger partial charge in [-0.25, -0.2) is 0 Å². The quantitative estimate of drug-likeness (QED) is 0.280. The van der Waals surface area contributed by atoms with Crippen LogP contribution in [0.15, 0.2) is 0 Å². The number of hydrogen-bond acceptors (Lipinski definition) is 2. The van der Waals surface area contributed by atoms with Crippen LogP contribution in [0.2, 0.25) is 0 Å². The van der Waals surface area contributed by atoms with Crippen LogP contribution in [0, 0.1) is 0 Å². The van der Waals surface area contributed by atoms with Crippen molar-refractivity contribution in [2.75, 3.05) is 0 Å². The minimum atomic E-state index is -4.67. The first kappa shape index (κ1) is 16.1. The van der Waals surface area contributed by atoms with Crippen molar-refractivity contribution in [3.05, 3.63) is 0 Å². The van der Waals surface area contributed by atoms with Crippen molar-refractivity contribution < 1.29 is 70.3 Å². The summed E-state index contributed by atoms with van der Waals surface area (Å²) in [6.45, 7) is 0. The first-order valence-corrected chi connectivity index (χ1v) is 2.10. The molecule has 0 aromatic carbocycles. The van der Waals surface area contributed by atoms with E-state index in [1.807, 2.05) is 0 Å². The molecule has 0 aromatic rings. The molecule has 0 unspecified atom stereocenters. The van der Waals surface area contributed by atoms with Crippen molar-refractivity contribution in [1.29, 1.82) is 0 Å². The van der Waals surface area contributed by atoms with Gasteiger partial charge in [0.2, 0.25) is 0 Å². The summed E-state index contributed by atoms with van der Waals surface area (Å²) in [4.78, 5) is 0. The summed E-state index contributed by atoms with van der Waals surface area (Å²) in [6.07, 6.45) is 0. The van der Waals surface area contributed by atoms with Gasteiger partial charge in [0.05, 0.1) is 0 Å². The van der Waals surface area contributed by atoms with Crippen LogP contribution in [-0.2, 0) is 10.4 Å². The second-order valence-corrected chi connectivity index (χ2v) is 1.34. The molecule has 2 N–H and O–H groups in total. The predicted octanol–water partition coefficient (Wildman–Crippen LogP) is -2.92. The largest absolute Gasteiger partial charge is 1.00 e. The van der Waals surface area contributed by atoms with Gasteiger partial charge >= 0.3 is 61.8 Å². The van der Waals surface area contributed by atoms with Crippen molar-refractivity contribution in [3.8, 4) is 0 Å². The van der Waals surface area contributed by atoms with Crippen LogP contribution in [0.3, 0.4) is 0 Å². The molecule has 0 bridgehead atoms. The Balaban J connectivity index is -0.0000000267. The fourth-order valence-corrected chi connectivity index (χ4v) is 0. The molecule has 7 heavy (non-hydrogen) atoms. The summed E-state index contributed by atoms with van der Waals surface area (Å²) in [5, 5.41) is 0. The molecule has 0 aliphatic carbocycles. The van der Waals surface area contributed by atoms with Gasteiger partial charge in [-0.15, -0.1) is 24.0 Å². The molecule has 0 amide bonds. The topological polar surface area (TPSA) is 74.6 Å². The molecule has 0 rings (SSSR count). The first-order valence-electron chi connectivity index (χ1n) is 0.698. The maximum absolute atomic E-state index is 8.74. The van der Waals surface area contributed by atoms with Crippen molar-refractivity contribution >= 4 is 34.4 Å². The molecule has 0 aliphatic rings. The molecule has 0 fully saturated rings.